The molecule has 3 aromatic carbocycles. The van der Waals surface area contributed by atoms with Crippen molar-refractivity contribution in [3.8, 4) is 22.4 Å². The number of nitrogens with two attached hydrogens (primary N) is 1. The maximum Gasteiger partial charge on any atom is 0.254 e. The fourth-order valence-corrected chi connectivity index (χ4v) is 4.50. The van der Waals surface area contributed by atoms with Gasteiger partial charge in [-0.05, 0) is 36.1 Å². The van der Waals surface area contributed by atoms with Gasteiger partial charge in [-0.3, -0.25) is 9.59 Å². The highest BCUT2D eigenvalue weighted by Gasteiger charge is 2.27. The molecule has 0 bridgehead atoms. The van der Waals surface area contributed by atoms with Gasteiger partial charge in [0.05, 0.1) is 16.8 Å². The number of para-hydroxylation sites is 1. The number of rotatable bonds is 4. The van der Waals surface area contributed by atoms with Gasteiger partial charge in [0.15, 0.2) is 0 Å². The van der Waals surface area contributed by atoms with Gasteiger partial charge in [-0.2, -0.15) is 0 Å². The summed E-state index contributed by atoms with van der Waals surface area (Å²) < 4.78 is 0. The fraction of sp³-hybridized carbons (Fsp3) is 0.179. The van der Waals surface area contributed by atoms with Crippen molar-refractivity contribution in [2.75, 3.05) is 13.1 Å². The summed E-state index contributed by atoms with van der Waals surface area (Å²) in [6, 6.07) is 28.1. The van der Waals surface area contributed by atoms with E-state index in [0.717, 1.165) is 33.3 Å². The molecule has 33 heavy (non-hydrogen) atoms. The van der Waals surface area contributed by atoms with Crippen molar-refractivity contribution in [1.82, 2.24) is 9.88 Å². The van der Waals surface area contributed by atoms with E-state index in [2.05, 4.69) is 24.3 Å². The van der Waals surface area contributed by atoms with Gasteiger partial charge in [0.2, 0.25) is 5.91 Å². The SMILES string of the molecule is NC(=O)C1CCN(C(=O)c2cc(-c3ccc(-c4ccccc4)cc3)nc3ccccc23)CC1. The monoisotopic (exact) mass is 435 g/mol. The number of likely N-dealkylation sites (tertiary alicyclic amines) is 1. The zero-order chi connectivity index (χ0) is 22.8. The number of primary amides is 1. The molecule has 2 N–H and O–H groups in total. The zero-order valence-corrected chi connectivity index (χ0v) is 18.3. The first-order valence-corrected chi connectivity index (χ1v) is 11.2. The van der Waals surface area contributed by atoms with Crippen molar-refractivity contribution in [3.63, 3.8) is 0 Å². The highest BCUT2D eigenvalue weighted by atomic mass is 16.2. The molecule has 1 aliphatic heterocycles. The van der Waals surface area contributed by atoms with Gasteiger partial charge >= 0.3 is 0 Å². The van der Waals surface area contributed by atoms with Crippen LogP contribution in [0.15, 0.2) is 84.9 Å². The van der Waals surface area contributed by atoms with E-state index in [1.54, 1.807) is 0 Å². The third-order valence-corrected chi connectivity index (χ3v) is 6.42. The van der Waals surface area contributed by atoms with Crippen molar-refractivity contribution < 1.29 is 9.59 Å². The molecule has 0 unspecified atom stereocenters. The Morgan fingerprint density at radius 1 is 0.788 bits per heavy atom. The topological polar surface area (TPSA) is 76.3 Å². The van der Waals surface area contributed by atoms with E-state index in [1.807, 2.05) is 65.6 Å². The molecular weight excluding hydrogens is 410 g/mol. The lowest BCUT2D eigenvalue weighted by Gasteiger charge is -2.31. The molecule has 0 radical (unpaired) electrons. The Morgan fingerprint density at radius 3 is 2.09 bits per heavy atom. The third-order valence-electron chi connectivity index (χ3n) is 6.42. The smallest absolute Gasteiger partial charge is 0.254 e. The van der Waals surface area contributed by atoms with Gasteiger partial charge < -0.3 is 10.6 Å². The normalized spacial score (nSPS) is 14.4. The van der Waals surface area contributed by atoms with Crippen LogP contribution in [0.25, 0.3) is 33.3 Å². The number of amides is 2. The van der Waals surface area contributed by atoms with E-state index in [4.69, 9.17) is 10.7 Å². The van der Waals surface area contributed by atoms with E-state index < -0.39 is 0 Å². The molecule has 0 saturated carbocycles. The summed E-state index contributed by atoms with van der Waals surface area (Å²) in [4.78, 5) is 31.7. The molecule has 5 heteroatoms. The predicted octanol–water partition coefficient (Wildman–Crippen LogP) is 4.91. The second-order valence-corrected chi connectivity index (χ2v) is 8.48. The van der Waals surface area contributed by atoms with Crippen molar-refractivity contribution in [3.05, 3.63) is 90.5 Å². The molecule has 0 aliphatic carbocycles. The van der Waals surface area contributed by atoms with Gasteiger partial charge in [-0.25, -0.2) is 4.98 Å². The largest absolute Gasteiger partial charge is 0.369 e. The fourth-order valence-electron chi connectivity index (χ4n) is 4.50. The first-order chi connectivity index (χ1) is 16.1. The molecule has 0 atom stereocenters. The zero-order valence-electron chi connectivity index (χ0n) is 18.3. The summed E-state index contributed by atoms with van der Waals surface area (Å²) in [6.07, 6.45) is 1.22. The number of benzene rings is 3. The minimum atomic E-state index is -0.280. The minimum Gasteiger partial charge on any atom is -0.369 e. The molecule has 1 fully saturated rings. The predicted molar refractivity (Wildman–Crippen MR) is 130 cm³/mol. The summed E-state index contributed by atoms with van der Waals surface area (Å²) in [5, 5.41) is 0.837. The molecular formula is C28H25N3O2. The summed E-state index contributed by atoms with van der Waals surface area (Å²) >= 11 is 0. The van der Waals surface area contributed by atoms with Gasteiger partial charge in [0.1, 0.15) is 0 Å². The standard InChI is InChI=1S/C28H25N3O2/c29-27(32)22-14-16-31(17-15-22)28(33)24-18-26(30-25-9-5-4-8-23(24)25)21-12-10-20(11-13-21)19-6-2-1-3-7-19/h1-13,18,22H,14-17H2,(H2,29,32). The molecule has 5 nitrogen and oxygen atoms in total. The Kier molecular flexibility index (Phi) is 5.61. The number of pyridine rings is 1. The van der Waals surface area contributed by atoms with Crippen molar-refractivity contribution in [2.45, 2.75) is 12.8 Å². The van der Waals surface area contributed by atoms with Gasteiger partial charge in [-0.1, -0.05) is 72.8 Å². The maximum atomic E-state index is 13.5. The van der Waals surface area contributed by atoms with E-state index in [1.165, 1.54) is 0 Å². The van der Waals surface area contributed by atoms with E-state index in [-0.39, 0.29) is 17.7 Å². The van der Waals surface area contributed by atoms with Crippen LogP contribution in [-0.2, 0) is 4.79 Å². The lowest BCUT2D eigenvalue weighted by molar-refractivity contribution is -0.123. The molecule has 1 saturated heterocycles. The number of aromatic nitrogens is 1. The molecule has 2 amide bonds. The van der Waals surface area contributed by atoms with Crippen LogP contribution < -0.4 is 5.73 Å². The summed E-state index contributed by atoms with van der Waals surface area (Å²) in [6.45, 7) is 1.06. The Hall–Kier alpha value is -3.99. The van der Waals surface area contributed by atoms with Crippen molar-refractivity contribution in [2.24, 2.45) is 11.7 Å². The summed E-state index contributed by atoms with van der Waals surface area (Å²) in [5.74, 6) is -0.460. The second kappa shape index (κ2) is 8.87. The van der Waals surface area contributed by atoms with Crippen LogP contribution in [0.4, 0.5) is 0 Å². The van der Waals surface area contributed by atoms with Crippen LogP contribution >= 0.6 is 0 Å². The van der Waals surface area contributed by atoms with Crippen LogP contribution in [0.3, 0.4) is 0 Å². The lowest BCUT2D eigenvalue weighted by atomic mass is 9.95. The van der Waals surface area contributed by atoms with E-state index in [0.29, 0.717) is 31.5 Å². The quantitative estimate of drug-likeness (QED) is 0.495. The molecule has 0 spiro atoms. The third kappa shape index (κ3) is 4.22. The molecule has 4 aromatic rings. The Balaban J connectivity index is 1.49. The number of piperidine rings is 1. The molecule has 5 rings (SSSR count). The first kappa shape index (κ1) is 20.9. The highest BCUT2D eigenvalue weighted by Crippen LogP contribution is 2.29. The van der Waals surface area contributed by atoms with Crippen molar-refractivity contribution >= 4 is 22.7 Å². The van der Waals surface area contributed by atoms with E-state index in [9.17, 15) is 9.59 Å². The molecule has 1 aromatic heterocycles. The number of nitrogens with zero attached hydrogens (tertiary/aromatic N) is 2. The van der Waals surface area contributed by atoms with Gasteiger partial charge in [0.25, 0.3) is 5.91 Å². The van der Waals surface area contributed by atoms with E-state index >= 15 is 0 Å². The minimum absolute atomic E-state index is 0.0290. The molecule has 164 valence electrons. The molecule has 1 aliphatic rings. The van der Waals surface area contributed by atoms with Crippen LogP contribution in [0.1, 0.15) is 23.2 Å². The number of hydrogen-bond acceptors (Lipinski definition) is 3. The second-order valence-electron chi connectivity index (χ2n) is 8.48. The van der Waals surface area contributed by atoms with Crippen molar-refractivity contribution in [1.29, 1.82) is 0 Å². The average Bonchev–Trinajstić information content (AvgIpc) is 2.88. The number of carbonyl (C=O) groups excluding carboxylic acids is 2. The van der Waals surface area contributed by atoms with Crippen LogP contribution in [-0.4, -0.2) is 34.8 Å². The number of fused-ring (bicyclic) bond motifs is 1. The van der Waals surface area contributed by atoms with Crippen LogP contribution in [0.5, 0.6) is 0 Å². The number of carbonyl (C=O) groups is 2. The highest BCUT2D eigenvalue weighted by molar-refractivity contribution is 6.07. The average molecular weight is 436 g/mol. The van der Waals surface area contributed by atoms with Gasteiger partial charge in [0, 0.05) is 30.0 Å². The Bertz CT molecular complexity index is 1310. The maximum absolute atomic E-state index is 13.5. The van der Waals surface area contributed by atoms with Crippen LogP contribution in [0, 0.1) is 5.92 Å². The van der Waals surface area contributed by atoms with Crippen LogP contribution in [0.2, 0.25) is 0 Å². The Morgan fingerprint density at radius 2 is 1.39 bits per heavy atom. The summed E-state index contributed by atoms with van der Waals surface area (Å²) in [5.41, 5.74) is 10.9. The number of hydrogen-bond donors (Lipinski definition) is 1. The lowest BCUT2D eigenvalue weighted by Crippen LogP contribution is -2.41. The molecule has 2 heterocycles. The van der Waals surface area contributed by atoms with Gasteiger partial charge in [-0.15, -0.1) is 0 Å². The summed E-state index contributed by atoms with van der Waals surface area (Å²) in [7, 11) is 0. The Labute approximate surface area is 192 Å². The first-order valence-electron chi connectivity index (χ1n) is 11.2.